The molecule has 2 atom stereocenters. The van der Waals surface area contributed by atoms with Crippen molar-refractivity contribution >= 4 is 22.4 Å². The van der Waals surface area contributed by atoms with Crippen molar-refractivity contribution in [1.82, 2.24) is 0 Å². The van der Waals surface area contributed by atoms with Gasteiger partial charge in [-0.25, -0.2) is 4.39 Å². The molecule has 2 aromatic carbocycles. The fourth-order valence-corrected chi connectivity index (χ4v) is 3.54. The maximum Gasteiger partial charge on any atom is 0.141 e. The Labute approximate surface area is 131 Å². The van der Waals surface area contributed by atoms with Crippen molar-refractivity contribution in [3.05, 3.63) is 63.9 Å². The van der Waals surface area contributed by atoms with Gasteiger partial charge in [0, 0.05) is 16.7 Å². The minimum absolute atomic E-state index is 0.0267. The molecule has 0 saturated heterocycles. The van der Waals surface area contributed by atoms with E-state index in [4.69, 9.17) is 17.3 Å². The highest BCUT2D eigenvalue weighted by Crippen LogP contribution is 2.22. The maximum atomic E-state index is 13.1. The van der Waals surface area contributed by atoms with Crippen LogP contribution in [0.3, 0.4) is 0 Å². The van der Waals surface area contributed by atoms with Crippen molar-refractivity contribution in [3.8, 4) is 0 Å². The number of nitrogens with two attached hydrogens (primary N) is 1. The summed E-state index contributed by atoms with van der Waals surface area (Å²) in [7, 11) is -1.32. The van der Waals surface area contributed by atoms with Crippen molar-refractivity contribution in [2.75, 3.05) is 5.75 Å². The second kappa shape index (κ2) is 6.69. The van der Waals surface area contributed by atoms with Gasteiger partial charge in [-0.3, -0.25) is 4.21 Å². The molecule has 0 aliphatic heterocycles. The zero-order valence-corrected chi connectivity index (χ0v) is 13.5. The van der Waals surface area contributed by atoms with Gasteiger partial charge in [-0.15, -0.1) is 0 Å². The number of hydrogen-bond acceptors (Lipinski definition) is 2. The van der Waals surface area contributed by atoms with Gasteiger partial charge in [0.25, 0.3) is 0 Å². The van der Waals surface area contributed by atoms with Crippen LogP contribution < -0.4 is 5.73 Å². The van der Waals surface area contributed by atoms with Crippen LogP contribution in [0.5, 0.6) is 0 Å². The normalized spacial score (nSPS) is 14.0. The van der Waals surface area contributed by atoms with E-state index in [9.17, 15) is 8.60 Å². The monoisotopic (exact) mass is 325 g/mol. The van der Waals surface area contributed by atoms with Crippen LogP contribution >= 0.6 is 11.6 Å². The number of benzene rings is 2. The van der Waals surface area contributed by atoms with Gasteiger partial charge < -0.3 is 5.73 Å². The predicted octanol–water partition coefficient (Wildman–Crippen LogP) is 3.90. The third-order valence-electron chi connectivity index (χ3n) is 3.32. The summed E-state index contributed by atoms with van der Waals surface area (Å²) in [6.45, 7) is 3.97. The van der Waals surface area contributed by atoms with Gasteiger partial charge in [0.15, 0.2) is 0 Å². The Morgan fingerprint density at radius 3 is 2.62 bits per heavy atom. The number of halogens is 2. The largest absolute Gasteiger partial charge is 0.323 e. The molecule has 0 amide bonds. The second-order valence-electron chi connectivity index (χ2n) is 5.05. The maximum absolute atomic E-state index is 13.1. The van der Waals surface area contributed by atoms with Crippen LogP contribution in [0.15, 0.2) is 41.3 Å². The second-order valence-corrected chi connectivity index (χ2v) is 6.96. The molecule has 2 nitrogen and oxygen atoms in total. The zero-order valence-electron chi connectivity index (χ0n) is 11.9. The van der Waals surface area contributed by atoms with E-state index >= 15 is 0 Å². The van der Waals surface area contributed by atoms with Crippen LogP contribution in [-0.4, -0.2) is 9.96 Å². The van der Waals surface area contributed by atoms with E-state index < -0.39 is 16.6 Å². The summed E-state index contributed by atoms with van der Waals surface area (Å²) in [5, 5.41) is -0.0267. The van der Waals surface area contributed by atoms with E-state index in [1.807, 2.05) is 32.0 Å². The van der Waals surface area contributed by atoms with Crippen molar-refractivity contribution in [2.45, 2.75) is 24.8 Å². The molecule has 2 N–H and O–H groups in total. The Kier molecular flexibility index (Phi) is 5.14. The van der Waals surface area contributed by atoms with Crippen LogP contribution in [0.4, 0.5) is 4.39 Å². The molecule has 0 heterocycles. The molecule has 2 unspecified atom stereocenters. The quantitative estimate of drug-likeness (QED) is 0.926. The molecule has 2 aromatic rings. The van der Waals surface area contributed by atoms with E-state index in [2.05, 4.69) is 0 Å². The van der Waals surface area contributed by atoms with Crippen molar-refractivity contribution < 1.29 is 8.60 Å². The molecule has 0 aliphatic carbocycles. The lowest BCUT2D eigenvalue weighted by Gasteiger charge is -2.15. The Bertz CT molecular complexity index is 690. The molecule has 5 heteroatoms. The summed E-state index contributed by atoms with van der Waals surface area (Å²) in [6, 6.07) is 9.78. The Morgan fingerprint density at radius 2 is 1.95 bits per heavy atom. The van der Waals surface area contributed by atoms with E-state index in [-0.39, 0.29) is 16.8 Å². The molecule has 0 radical (unpaired) electrons. The lowest BCUT2D eigenvalue weighted by Crippen LogP contribution is -2.19. The minimum Gasteiger partial charge on any atom is -0.323 e. The Hall–Kier alpha value is -1.23. The highest BCUT2D eigenvalue weighted by molar-refractivity contribution is 7.85. The molecular weight excluding hydrogens is 309 g/mol. The molecule has 0 spiro atoms. The topological polar surface area (TPSA) is 43.1 Å². The van der Waals surface area contributed by atoms with Gasteiger partial charge in [0.05, 0.1) is 15.8 Å². The molecule has 21 heavy (non-hydrogen) atoms. The van der Waals surface area contributed by atoms with Crippen LogP contribution in [0.1, 0.15) is 22.7 Å². The van der Waals surface area contributed by atoms with Crippen molar-refractivity contribution in [3.63, 3.8) is 0 Å². The first-order valence-corrected chi connectivity index (χ1v) is 8.24. The molecule has 0 saturated carbocycles. The van der Waals surface area contributed by atoms with Crippen molar-refractivity contribution in [2.24, 2.45) is 5.73 Å². The van der Waals surface area contributed by atoms with Gasteiger partial charge in [-0.2, -0.15) is 0 Å². The zero-order chi connectivity index (χ0) is 15.6. The Morgan fingerprint density at radius 1 is 1.24 bits per heavy atom. The average Bonchev–Trinajstić information content (AvgIpc) is 2.44. The predicted molar refractivity (Wildman–Crippen MR) is 85.5 cm³/mol. The van der Waals surface area contributed by atoms with Gasteiger partial charge in [-0.05, 0) is 43.2 Å². The fraction of sp³-hybridized carbons (Fsp3) is 0.250. The highest BCUT2D eigenvalue weighted by Gasteiger charge is 2.15. The van der Waals surface area contributed by atoms with E-state index in [0.717, 1.165) is 16.7 Å². The summed E-state index contributed by atoms with van der Waals surface area (Å²) in [5.74, 6) is -0.247. The van der Waals surface area contributed by atoms with Crippen LogP contribution in [0.25, 0.3) is 0 Å². The standard InChI is InChI=1S/C16H17ClFNOS/c1-10-3-4-11(2)13(7-10)16(19)9-21(20)12-5-6-15(18)14(17)8-12/h3-8,16H,9,19H2,1-2H3. The first kappa shape index (κ1) is 16.1. The molecule has 0 fully saturated rings. The number of aryl methyl sites for hydroxylation is 2. The minimum atomic E-state index is -1.32. The fourth-order valence-electron chi connectivity index (χ4n) is 2.13. The van der Waals surface area contributed by atoms with Crippen molar-refractivity contribution in [1.29, 1.82) is 0 Å². The summed E-state index contributed by atoms with van der Waals surface area (Å²) in [5.41, 5.74) is 9.34. The van der Waals surface area contributed by atoms with E-state index in [0.29, 0.717) is 4.90 Å². The average molecular weight is 326 g/mol. The molecule has 112 valence electrons. The van der Waals surface area contributed by atoms with E-state index in [1.54, 1.807) is 0 Å². The smallest absolute Gasteiger partial charge is 0.141 e. The third kappa shape index (κ3) is 3.90. The van der Waals surface area contributed by atoms with Crippen LogP contribution in [-0.2, 0) is 10.8 Å². The third-order valence-corrected chi connectivity index (χ3v) is 5.05. The molecule has 0 aliphatic rings. The highest BCUT2D eigenvalue weighted by atomic mass is 35.5. The molecule has 2 rings (SSSR count). The molecular formula is C16H17ClFNOS. The van der Waals surface area contributed by atoms with Gasteiger partial charge >= 0.3 is 0 Å². The lowest BCUT2D eigenvalue weighted by molar-refractivity contribution is 0.626. The Balaban J connectivity index is 2.18. The first-order valence-electron chi connectivity index (χ1n) is 6.54. The summed E-state index contributed by atoms with van der Waals surface area (Å²) in [4.78, 5) is 0.488. The summed E-state index contributed by atoms with van der Waals surface area (Å²) in [6.07, 6.45) is 0. The summed E-state index contributed by atoms with van der Waals surface area (Å²) >= 11 is 5.72. The van der Waals surface area contributed by atoms with Gasteiger partial charge in [0.1, 0.15) is 5.82 Å². The summed E-state index contributed by atoms with van der Waals surface area (Å²) < 4.78 is 25.5. The van der Waals surface area contributed by atoms with Crippen LogP contribution in [0.2, 0.25) is 5.02 Å². The molecule has 0 bridgehead atoms. The van der Waals surface area contributed by atoms with Gasteiger partial charge in [0.2, 0.25) is 0 Å². The molecule has 0 aromatic heterocycles. The van der Waals surface area contributed by atoms with Crippen LogP contribution in [0, 0.1) is 19.7 Å². The van der Waals surface area contributed by atoms with Gasteiger partial charge in [-0.1, -0.05) is 35.4 Å². The number of rotatable bonds is 4. The SMILES string of the molecule is Cc1ccc(C)c(C(N)CS(=O)c2ccc(F)c(Cl)c2)c1. The van der Waals surface area contributed by atoms with E-state index in [1.165, 1.54) is 18.2 Å². The number of hydrogen-bond donors (Lipinski definition) is 1. The lowest BCUT2D eigenvalue weighted by atomic mass is 10.0. The first-order chi connectivity index (χ1) is 9.88.